The van der Waals surface area contributed by atoms with Gasteiger partial charge in [0.25, 0.3) is 5.91 Å². The van der Waals surface area contributed by atoms with Crippen LogP contribution in [-0.4, -0.2) is 42.7 Å². The van der Waals surface area contributed by atoms with Gasteiger partial charge in [-0.2, -0.15) is 0 Å². The lowest BCUT2D eigenvalue weighted by Gasteiger charge is -2.10. The van der Waals surface area contributed by atoms with E-state index in [1.54, 1.807) is 12.1 Å². The molecule has 0 unspecified atom stereocenters. The molecule has 0 radical (unpaired) electrons. The fourth-order valence-electron chi connectivity index (χ4n) is 2.89. The summed E-state index contributed by atoms with van der Waals surface area (Å²) in [7, 11) is 0. The van der Waals surface area contributed by atoms with E-state index in [-0.39, 0.29) is 34.5 Å². The van der Waals surface area contributed by atoms with Crippen LogP contribution in [0.5, 0.6) is 17.2 Å². The molecule has 0 saturated heterocycles. The Morgan fingerprint density at radius 3 is 2.56 bits per heavy atom. The molecule has 0 aliphatic carbocycles. The lowest BCUT2D eigenvalue weighted by Crippen LogP contribution is -2.31. The van der Waals surface area contributed by atoms with Gasteiger partial charge >= 0.3 is 0 Å². The number of benzene rings is 1. The molecule has 8 nitrogen and oxygen atoms in total. The highest BCUT2D eigenvalue weighted by Gasteiger charge is 2.21. The Morgan fingerprint density at radius 1 is 1.08 bits per heavy atom. The number of nitrogens with one attached hydrogen (secondary N) is 2. The van der Waals surface area contributed by atoms with E-state index < -0.39 is 0 Å². The minimum Gasteiger partial charge on any atom is -0.508 e. The zero-order chi connectivity index (χ0) is 17.6. The second kappa shape index (κ2) is 5.52. The van der Waals surface area contributed by atoms with Crippen molar-refractivity contribution in [1.29, 1.82) is 0 Å². The third kappa shape index (κ3) is 2.53. The summed E-state index contributed by atoms with van der Waals surface area (Å²) >= 11 is 0. The average Bonchev–Trinajstić information content (AvgIpc) is 3.00. The van der Waals surface area contributed by atoms with Crippen LogP contribution in [0.3, 0.4) is 0 Å². The van der Waals surface area contributed by atoms with Crippen molar-refractivity contribution in [3.63, 3.8) is 0 Å². The molecule has 0 fully saturated rings. The molecule has 1 aliphatic heterocycles. The molecule has 0 bridgehead atoms. The zero-order valence-corrected chi connectivity index (χ0v) is 12.9. The highest BCUT2D eigenvalue weighted by Crippen LogP contribution is 2.38. The van der Waals surface area contributed by atoms with Gasteiger partial charge in [-0.15, -0.1) is 0 Å². The second-order valence-corrected chi connectivity index (χ2v) is 5.71. The lowest BCUT2D eigenvalue weighted by molar-refractivity contribution is 0.0946. The number of hydrogen-bond donors (Lipinski definition) is 5. The number of H-pyrrole nitrogens is 1. The number of fused-ring (bicyclic) bond motifs is 1. The molecule has 4 rings (SSSR count). The maximum absolute atomic E-state index is 11.9. The fourth-order valence-corrected chi connectivity index (χ4v) is 2.89. The first kappa shape index (κ1) is 15.0. The van der Waals surface area contributed by atoms with E-state index in [1.165, 1.54) is 6.20 Å². The number of rotatable bonds is 2. The lowest BCUT2D eigenvalue weighted by atomic mass is 10.1. The van der Waals surface area contributed by atoms with E-state index in [1.807, 2.05) is 0 Å². The number of aromatic hydroxyl groups is 3. The van der Waals surface area contributed by atoms with Crippen LogP contribution >= 0.6 is 0 Å². The summed E-state index contributed by atoms with van der Waals surface area (Å²) in [5.41, 5.74) is 2.60. The third-order valence-electron chi connectivity index (χ3n) is 4.04. The van der Waals surface area contributed by atoms with E-state index in [0.29, 0.717) is 29.9 Å². The number of phenols is 3. The van der Waals surface area contributed by atoms with Crippen LogP contribution in [0.4, 0.5) is 0 Å². The van der Waals surface area contributed by atoms with Crippen LogP contribution in [0.25, 0.3) is 22.8 Å². The Kier molecular flexibility index (Phi) is 3.31. The molecular formula is C17H14N4O4. The minimum absolute atomic E-state index is 0.0220. The normalized spacial score (nSPS) is 13.4. The molecule has 1 amide bonds. The van der Waals surface area contributed by atoms with Gasteiger partial charge in [0.1, 0.15) is 22.8 Å². The molecule has 2 aromatic heterocycles. The topological polar surface area (TPSA) is 131 Å². The van der Waals surface area contributed by atoms with Crippen LogP contribution in [0.2, 0.25) is 0 Å². The Balaban J connectivity index is 1.80. The predicted molar refractivity (Wildman–Crippen MR) is 88.3 cm³/mol. The highest BCUT2D eigenvalue weighted by molar-refractivity contribution is 5.97. The van der Waals surface area contributed by atoms with E-state index in [2.05, 4.69) is 20.3 Å². The average molecular weight is 338 g/mol. The van der Waals surface area contributed by atoms with Crippen molar-refractivity contribution in [2.45, 2.75) is 6.42 Å². The number of aromatic nitrogens is 3. The first-order valence-corrected chi connectivity index (χ1v) is 7.62. The molecule has 8 heteroatoms. The van der Waals surface area contributed by atoms with E-state index in [4.69, 9.17) is 0 Å². The first-order chi connectivity index (χ1) is 12.0. The summed E-state index contributed by atoms with van der Waals surface area (Å²) in [5, 5.41) is 32.2. The Morgan fingerprint density at radius 2 is 1.84 bits per heavy atom. The number of amides is 1. The van der Waals surface area contributed by atoms with Crippen molar-refractivity contribution in [2.75, 3.05) is 6.54 Å². The Labute approximate surface area is 141 Å². The maximum Gasteiger partial charge on any atom is 0.253 e. The van der Waals surface area contributed by atoms with Gasteiger partial charge in [0.2, 0.25) is 0 Å². The van der Waals surface area contributed by atoms with Gasteiger partial charge in [-0.25, -0.2) is 9.97 Å². The van der Waals surface area contributed by atoms with Crippen molar-refractivity contribution in [1.82, 2.24) is 20.3 Å². The molecule has 25 heavy (non-hydrogen) atoms. The van der Waals surface area contributed by atoms with Gasteiger partial charge in [-0.3, -0.25) is 4.79 Å². The monoisotopic (exact) mass is 338 g/mol. The Hall–Kier alpha value is -3.55. The van der Waals surface area contributed by atoms with Crippen molar-refractivity contribution >= 4 is 5.91 Å². The fraction of sp³-hybridized carbons (Fsp3) is 0.118. The number of aromatic amines is 1. The van der Waals surface area contributed by atoms with Crippen molar-refractivity contribution in [3.05, 3.63) is 41.7 Å². The van der Waals surface area contributed by atoms with E-state index in [9.17, 15) is 20.1 Å². The van der Waals surface area contributed by atoms with Gasteiger partial charge in [0.15, 0.2) is 5.82 Å². The van der Waals surface area contributed by atoms with Crippen molar-refractivity contribution in [2.24, 2.45) is 0 Å². The summed E-state index contributed by atoms with van der Waals surface area (Å²) in [6.07, 6.45) is 2.20. The van der Waals surface area contributed by atoms with Crippen LogP contribution in [0.1, 0.15) is 16.1 Å². The number of carbonyl (C=O) groups excluding carboxylic acids is 1. The second-order valence-electron chi connectivity index (χ2n) is 5.71. The number of nitrogens with zero attached hydrogens (tertiary/aromatic N) is 2. The summed E-state index contributed by atoms with van der Waals surface area (Å²) in [4.78, 5) is 23.5. The Bertz CT molecular complexity index is 973. The van der Waals surface area contributed by atoms with Gasteiger partial charge in [0, 0.05) is 37.0 Å². The van der Waals surface area contributed by atoms with Gasteiger partial charge < -0.3 is 25.6 Å². The smallest absolute Gasteiger partial charge is 0.253 e. The van der Waals surface area contributed by atoms with Crippen LogP contribution < -0.4 is 5.32 Å². The summed E-state index contributed by atoms with van der Waals surface area (Å²) in [6.45, 7) is 0.579. The van der Waals surface area contributed by atoms with E-state index in [0.717, 1.165) is 17.8 Å². The molecular weight excluding hydrogens is 324 g/mol. The molecule has 1 aromatic carbocycles. The standard InChI is InChI=1S/C17H14N4O4/c22-8-5-13(23)15(14(24)6-8)16-18-3-2-11(21-16)12-7-9-10(20-12)1-4-19-17(9)25/h2-3,5-7,20,22-24H,1,4H2,(H,19,25). The third-order valence-corrected chi connectivity index (χ3v) is 4.04. The quantitative estimate of drug-likeness (QED) is 0.482. The molecule has 3 heterocycles. The zero-order valence-electron chi connectivity index (χ0n) is 12.9. The van der Waals surface area contributed by atoms with Gasteiger partial charge in [0.05, 0.1) is 17.0 Å². The molecule has 1 aliphatic rings. The van der Waals surface area contributed by atoms with Gasteiger partial charge in [-0.1, -0.05) is 0 Å². The van der Waals surface area contributed by atoms with Crippen LogP contribution in [0.15, 0.2) is 30.5 Å². The van der Waals surface area contributed by atoms with Crippen LogP contribution in [0, 0.1) is 0 Å². The molecule has 126 valence electrons. The molecule has 0 saturated carbocycles. The maximum atomic E-state index is 11.9. The molecule has 0 atom stereocenters. The van der Waals surface area contributed by atoms with Crippen molar-refractivity contribution in [3.8, 4) is 40.0 Å². The largest absolute Gasteiger partial charge is 0.508 e. The number of hydrogen-bond acceptors (Lipinski definition) is 6. The van der Waals surface area contributed by atoms with E-state index >= 15 is 0 Å². The summed E-state index contributed by atoms with van der Waals surface area (Å²) in [5.74, 6) is -0.964. The van der Waals surface area contributed by atoms with Crippen molar-refractivity contribution < 1.29 is 20.1 Å². The minimum atomic E-state index is -0.334. The molecule has 0 spiro atoms. The SMILES string of the molecule is O=C1NCCc2[nH]c(-c3ccnc(-c4c(O)cc(O)cc4O)n3)cc21. The molecule has 5 N–H and O–H groups in total. The number of carbonyl (C=O) groups is 1. The first-order valence-electron chi connectivity index (χ1n) is 7.62. The van der Waals surface area contributed by atoms with Crippen LogP contribution in [-0.2, 0) is 6.42 Å². The van der Waals surface area contributed by atoms with Gasteiger partial charge in [-0.05, 0) is 12.1 Å². The molecule has 3 aromatic rings. The number of phenolic OH excluding ortho intramolecular Hbond substituents is 3. The summed E-state index contributed by atoms with van der Waals surface area (Å²) in [6, 6.07) is 5.57. The summed E-state index contributed by atoms with van der Waals surface area (Å²) < 4.78 is 0. The predicted octanol–water partition coefficient (Wildman–Crippen LogP) is 1.54. The highest BCUT2D eigenvalue weighted by atomic mass is 16.3.